The maximum absolute atomic E-state index is 11.3. The van der Waals surface area contributed by atoms with Gasteiger partial charge in [-0.05, 0) is 6.42 Å². The van der Waals surface area contributed by atoms with E-state index in [1.165, 1.54) is 70.6 Å². The Labute approximate surface area is 136 Å². The van der Waals surface area contributed by atoms with Crippen LogP contribution in [0.25, 0.3) is 0 Å². The molecular formula is C18H36N2O2. The molecule has 0 saturated carbocycles. The first kappa shape index (κ1) is 20.9. The van der Waals surface area contributed by atoms with Gasteiger partial charge in [-0.2, -0.15) is 0 Å². The third-order valence-electron chi connectivity index (χ3n) is 3.95. The molecule has 0 fully saturated rings. The van der Waals surface area contributed by atoms with Crippen LogP contribution < -0.4 is 11.1 Å². The fourth-order valence-electron chi connectivity index (χ4n) is 2.52. The number of amides is 2. The summed E-state index contributed by atoms with van der Waals surface area (Å²) in [6, 6.07) is 0. The molecule has 0 spiro atoms. The SMILES string of the molecule is CCCCCCCCCCCCCCNC(=O)CCC(N)=O. The number of hydrogen-bond acceptors (Lipinski definition) is 2. The van der Waals surface area contributed by atoms with Gasteiger partial charge in [0.05, 0.1) is 0 Å². The zero-order valence-corrected chi connectivity index (χ0v) is 14.5. The first-order valence-electron chi connectivity index (χ1n) is 9.21. The molecular weight excluding hydrogens is 276 g/mol. The summed E-state index contributed by atoms with van der Waals surface area (Å²) in [5.41, 5.74) is 5.00. The van der Waals surface area contributed by atoms with E-state index < -0.39 is 5.91 Å². The third-order valence-corrected chi connectivity index (χ3v) is 3.95. The molecule has 0 aromatic heterocycles. The molecule has 0 bridgehead atoms. The Bertz CT molecular complexity index is 280. The lowest BCUT2D eigenvalue weighted by Crippen LogP contribution is -2.25. The second-order valence-corrected chi connectivity index (χ2v) is 6.21. The van der Waals surface area contributed by atoms with Crippen molar-refractivity contribution in [3.05, 3.63) is 0 Å². The molecule has 0 aliphatic carbocycles. The summed E-state index contributed by atoms with van der Waals surface area (Å²) in [7, 11) is 0. The van der Waals surface area contributed by atoms with E-state index in [1.54, 1.807) is 0 Å². The molecule has 2 amide bonds. The van der Waals surface area contributed by atoms with Crippen molar-refractivity contribution in [3.8, 4) is 0 Å². The number of unbranched alkanes of at least 4 members (excludes halogenated alkanes) is 11. The van der Waals surface area contributed by atoms with Gasteiger partial charge in [0.25, 0.3) is 0 Å². The van der Waals surface area contributed by atoms with E-state index >= 15 is 0 Å². The van der Waals surface area contributed by atoms with Gasteiger partial charge in [-0.3, -0.25) is 9.59 Å². The second-order valence-electron chi connectivity index (χ2n) is 6.21. The van der Waals surface area contributed by atoms with E-state index in [1.807, 2.05) is 0 Å². The Morgan fingerprint density at radius 2 is 1.18 bits per heavy atom. The molecule has 0 heterocycles. The molecule has 130 valence electrons. The summed E-state index contributed by atoms with van der Waals surface area (Å²) >= 11 is 0. The molecule has 4 nitrogen and oxygen atoms in total. The van der Waals surface area contributed by atoms with E-state index in [4.69, 9.17) is 5.73 Å². The predicted molar refractivity (Wildman–Crippen MR) is 92.5 cm³/mol. The van der Waals surface area contributed by atoms with Gasteiger partial charge in [-0.1, -0.05) is 77.6 Å². The molecule has 22 heavy (non-hydrogen) atoms. The van der Waals surface area contributed by atoms with Gasteiger partial charge >= 0.3 is 0 Å². The van der Waals surface area contributed by atoms with Gasteiger partial charge < -0.3 is 11.1 Å². The minimum Gasteiger partial charge on any atom is -0.370 e. The predicted octanol–water partition coefficient (Wildman–Crippen LogP) is 4.07. The molecule has 0 rings (SSSR count). The van der Waals surface area contributed by atoms with Crippen LogP contribution in [0.15, 0.2) is 0 Å². The summed E-state index contributed by atoms with van der Waals surface area (Å²) < 4.78 is 0. The fraction of sp³-hybridized carbons (Fsp3) is 0.889. The Hall–Kier alpha value is -1.06. The van der Waals surface area contributed by atoms with E-state index in [0.717, 1.165) is 13.0 Å². The van der Waals surface area contributed by atoms with Gasteiger partial charge in [-0.15, -0.1) is 0 Å². The maximum Gasteiger partial charge on any atom is 0.220 e. The van der Waals surface area contributed by atoms with Crippen LogP contribution in [0, 0.1) is 0 Å². The van der Waals surface area contributed by atoms with E-state index in [9.17, 15) is 9.59 Å². The number of primary amides is 1. The molecule has 0 aliphatic rings. The van der Waals surface area contributed by atoms with Crippen molar-refractivity contribution in [1.82, 2.24) is 5.32 Å². The third kappa shape index (κ3) is 17.0. The van der Waals surface area contributed by atoms with Crippen molar-refractivity contribution in [1.29, 1.82) is 0 Å². The van der Waals surface area contributed by atoms with Gasteiger partial charge in [0.1, 0.15) is 0 Å². The minimum atomic E-state index is -0.416. The first-order valence-corrected chi connectivity index (χ1v) is 9.21. The molecule has 0 aromatic rings. The lowest BCUT2D eigenvalue weighted by molar-refractivity contribution is -0.125. The van der Waals surface area contributed by atoms with Crippen molar-refractivity contribution >= 4 is 11.8 Å². The van der Waals surface area contributed by atoms with Crippen LogP contribution in [0.3, 0.4) is 0 Å². The first-order chi connectivity index (χ1) is 10.7. The highest BCUT2D eigenvalue weighted by atomic mass is 16.2. The summed E-state index contributed by atoms with van der Waals surface area (Å²) in [5, 5.41) is 2.83. The maximum atomic E-state index is 11.3. The van der Waals surface area contributed by atoms with Gasteiger partial charge in [-0.25, -0.2) is 0 Å². The van der Waals surface area contributed by atoms with Crippen LogP contribution in [0.2, 0.25) is 0 Å². The van der Waals surface area contributed by atoms with E-state index in [0.29, 0.717) is 0 Å². The quantitative estimate of drug-likeness (QED) is 0.422. The summed E-state index contributed by atoms with van der Waals surface area (Å²) in [4.78, 5) is 21.9. The molecule has 0 radical (unpaired) electrons. The number of rotatable bonds is 16. The lowest BCUT2D eigenvalue weighted by atomic mass is 10.1. The Kier molecular flexibility index (Phi) is 15.5. The largest absolute Gasteiger partial charge is 0.370 e. The number of carbonyl (C=O) groups excluding carboxylic acids is 2. The molecule has 0 aliphatic heterocycles. The van der Waals surface area contributed by atoms with Crippen molar-refractivity contribution in [3.63, 3.8) is 0 Å². The van der Waals surface area contributed by atoms with Crippen molar-refractivity contribution in [2.75, 3.05) is 6.54 Å². The molecule has 0 unspecified atom stereocenters. The molecule has 0 aromatic carbocycles. The Balaban J connectivity index is 3.11. The van der Waals surface area contributed by atoms with Crippen molar-refractivity contribution < 1.29 is 9.59 Å². The van der Waals surface area contributed by atoms with Crippen LogP contribution in [-0.4, -0.2) is 18.4 Å². The standard InChI is InChI=1S/C18H36N2O2/c1-2-3-4-5-6-7-8-9-10-11-12-13-16-20-18(22)15-14-17(19)21/h2-16H2,1H3,(H2,19,21)(H,20,22). The van der Waals surface area contributed by atoms with Crippen LogP contribution in [0.4, 0.5) is 0 Å². The molecule has 4 heteroatoms. The summed E-state index contributed by atoms with van der Waals surface area (Å²) in [6.07, 6.45) is 16.2. The summed E-state index contributed by atoms with van der Waals surface area (Å²) in [5.74, 6) is -0.484. The van der Waals surface area contributed by atoms with Crippen LogP contribution in [0.1, 0.15) is 96.8 Å². The number of nitrogens with one attached hydrogen (secondary N) is 1. The number of hydrogen-bond donors (Lipinski definition) is 2. The Morgan fingerprint density at radius 1 is 0.727 bits per heavy atom. The molecule has 0 atom stereocenters. The fourth-order valence-corrected chi connectivity index (χ4v) is 2.52. The average Bonchev–Trinajstić information content (AvgIpc) is 2.49. The summed E-state index contributed by atoms with van der Waals surface area (Å²) in [6.45, 7) is 2.97. The van der Waals surface area contributed by atoms with Gasteiger partial charge in [0.15, 0.2) is 0 Å². The number of carbonyl (C=O) groups is 2. The van der Waals surface area contributed by atoms with E-state index in [-0.39, 0.29) is 18.7 Å². The minimum absolute atomic E-state index is 0.0677. The van der Waals surface area contributed by atoms with E-state index in [2.05, 4.69) is 12.2 Å². The zero-order chi connectivity index (χ0) is 16.5. The topological polar surface area (TPSA) is 72.2 Å². The number of nitrogens with two attached hydrogens (primary N) is 1. The van der Waals surface area contributed by atoms with Gasteiger partial charge in [0, 0.05) is 19.4 Å². The highest BCUT2D eigenvalue weighted by molar-refractivity contribution is 5.82. The van der Waals surface area contributed by atoms with Crippen molar-refractivity contribution in [2.45, 2.75) is 96.8 Å². The van der Waals surface area contributed by atoms with Crippen LogP contribution in [-0.2, 0) is 9.59 Å². The average molecular weight is 312 g/mol. The van der Waals surface area contributed by atoms with Crippen LogP contribution in [0.5, 0.6) is 0 Å². The molecule has 3 N–H and O–H groups in total. The highest BCUT2D eigenvalue weighted by Gasteiger charge is 2.02. The second kappa shape index (κ2) is 16.3. The monoisotopic (exact) mass is 312 g/mol. The normalized spacial score (nSPS) is 10.6. The van der Waals surface area contributed by atoms with Crippen LogP contribution >= 0.6 is 0 Å². The van der Waals surface area contributed by atoms with Crippen molar-refractivity contribution in [2.24, 2.45) is 5.73 Å². The highest BCUT2D eigenvalue weighted by Crippen LogP contribution is 2.11. The lowest BCUT2D eigenvalue weighted by Gasteiger charge is -2.05. The zero-order valence-electron chi connectivity index (χ0n) is 14.5. The molecule has 0 saturated heterocycles. The smallest absolute Gasteiger partial charge is 0.220 e. The van der Waals surface area contributed by atoms with Gasteiger partial charge in [0.2, 0.25) is 11.8 Å². The Morgan fingerprint density at radius 3 is 1.64 bits per heavy atom.